The Labute approximate surface area is 167 Å². The predicted molar refractivity (Wildman–Crippen MR) is 106 cm³/mol. The van der Waals surface area contributed by atoms with Crippen molar-refractivity contribution in [1.82, 2.24) is 4.90 Å². The van der Waals surface area contributed by atoms with Crippen LogP contribution in [0.2, 0.25) is 0 Å². The number of anilines is 1. The minimum atomic E-state index is -0.630. The van der Waals surface area contributed by atoms with E-state index in [2.05, 4.69) is 4.74 Å². The van der Waals surface area contributed by atoms with Crippen molar-refractivity contribution in [2.45, 2.75) is 0 Å². The number of carbonyl (C=O) groups is 2. The van der Waals surface area contributed by atoms with Crippen molar-refractivity contribution >= 4 is 23.3 Å². The number of nitro benzene ring substituents is 1. The van der Waals surface area contributed by atoms with E-state index >= 15 is 0 Å². The van der Waals surface area contributed by atoms with Crippen LogP contribution in [0.15, 0.2) is 42.5 Å². The molecule has 29 heavy (non-hydrogen) atoms. The van der Waals surface area contributed by atoms with Gasteiger partial charge in [-0.2, -0.15) is 0 Å². The maximum Gasteiger partial charge on any atom is 0.338 e. The van der Waals surface area contributed by atoms with Crippen molar-refractivity contribution < 1.29 is 24.0 Å². The average Bonchev–Trinajstić information content (AvgIpc) is 2.77. The highest BCUT2D eigenvalue weighted by molar-refractivity contribution is 5.94. The SMILES string of the molecule is COC(=O)c1ccc(N2CCN(C(=O)c3ccc(OC)cc3)CC2)c([N+](=O)[O-])c1. The molecule has 1 fully saturated rings. The number of carbonyl (C=O) groups excluding carboxylic acids is 2. The zero-order valence-electron chi connectivity index (χ0n) is 16.2. The number of methoxy groups -OCH3 is 2. The van der Waals surface area contributed by atoms with Gasteiger partial charge < -0.3 is 19.3 Å². The van der Waals surface area contributed by atoms with Crippen LogP contribution in [0.5, 0.6) is 5.75 Å². The van der Waals surface area contributed by atoms with Crippen LogP contribution >= 0.6 is 0 Å². The standard InChI is InChI=1S/C20H21N3O6/c1-28-16-6-3-14(4-7-16)19(24)22-11-9-21(10-12-22)17-8-5-15(20(25)29-2)13-18(17)23(26)27/h3-8,13H,9-12H2,1-2H3. The molecule has 152 valence electrons. The summed E-state index contributed by atoms with van der Waals surface area (Å²) in [7, 11) is 2.79. The molecule has 2 aromatic carbocycles. The Morgan fingerprint density at radius 3 is 2.14 bits per heavy atom. The van der Waals surface area contributed by atoms with E-state index in [1.54, 1.807) is 42.3 Å². The van der Waals surface area contributed by atoms with E-state index in [0.29, 0.717) is 43.2 Å². The Balaban J connectivity index is 1.72. The number of benzene rings is 2. The Morgan fingerprint density at radius 1 is 0.966 bits per heavy atom. The van der Waals surface area contributed by atoms with Gasteiger partial charge in [0.2, 0.25) is 0 Å². The fourth-order valence-corrected chi connectivity index (χ4v) is 3.25. The van der Waals surface area contributed by atoms with Gasteiger partial charge in [0.1, 0.15) is 11.4 Å². The fraction of sp³-hybridized carbons (Fsp3) is 0.300. The number of hydrogen-bond donors (Lipinski definition) is 0. The summed E-state index contributed by atoms with van der Waals surface area (Å²) in [5, 5.41) is 11.5. The highest BCUT2D eigenvalue weighted by Gasteiger charge is 2.27. The summed E-state index contributed by atoms with van der Waals surface area (Å²) in [6.07, 6.45) is 0. The normalized spacial score (nSPS) is 13.7. The van der Waals surface area contributed by atoms with Crippen molar-refractivity contribution in [3.8, 4) is 5.75 Å². The Kier molecular flexibility index (Phi) is 5.96. The van der Waals surface area contributed by atoms with Gasteiger partial charge >= 0.3 is 5.97 Å². The maximum atomic E-state index is 12.7. The highest BCUT2D eigenvalue weighted by Crippen LogP contribution is 2.30. The molecule has 0 radical (unpaired) electrons. The maximum absolute atomic E-state index is 12.7. The minimum absolute atomic E-state index is 0.0946. The first-order valence-corrected chi connectivity index (χ1v) is 8.99. The van der Waals surface area contributed by atoms with E-state index in [4.69, 9.17) is 4.74 Å². The molecule has 0 unspecified atom stereocenters. The summed E-state index contributed by atoms with van der Waals surface area (Å²) in [5.74, 6) is -0.0496. The molecule has 0 aliphatic carbocycles. The lowest BCUT2D eigenvalue weighted by molar-refractivity contribution is -0.384. The fourth-order valence-electron chi connectivity index (χ4n) is 3.25. The van der Waals surface area contributed by atoms with Crippen LogP contribution in [0.3, 0.4) is 0 Å². The summed E-state index contributed by atoms with van der Waals surface area (Å²) in [5.41, 5.74) is 0.936. The van der Waals surface area contributed by atoms with E-state index in [1.165, 1.54) is 19.2 Å². The first kappa shape index (κ1) is 20.1. The van der Waals surface area contributed by atoms with Crippen LogP contribution < -0.4 is 9.64 Å². The van der Waals surface area contributed by atoms with E-state index in [1.807, 2.05) is 4.90 Å². The van der Waals surface area contributed by atoms with Crippen LogP contribution in [-0.2, 0) is 4.74 Å². The van der Waals surface area contributed by atoms with Gasteiger partial charge in [0.05, 0.1) is 24.7 Å². The number of ether oxygens (including phenoxy) is 2. The van der Waals surface area contributed by atoms with E-state index in [-0.39, 0.29) is 17.2 Å². The number of nitro groups is 1. The van der Waals surface area contributed by atoms with Crippen LogP contribution in [-0.4, -0.2) is 62.1 Å². The van der Waals surface area contributed by atoms with Gasteiger partial charge in [-0.15, -0.1) is 0 Å². The molecule has 0 atom stereocenters. The summed E-state index contributed by atoms with van der Waals surface area (Å²) in [6, 6.07) is 11.2. The van der Waals surface area contributed by atoms with E-state index in [0.717, 1.165) is 0 Å². The molecule has 0 saturated carbocycles. The third-order valence-corrected chi connectivity index (χ3v) is 4.84. The van der Waals surface area contributed by atoms with Gasteiger partial charge in [-0.05, 0) is 36.4 Å². The molecular formula is C20H21N3O6. The Morgan fingerprint density at radius 2 is 1.59 bits per heavy atom. The predicted octanol–water partition coefficient (Wildman–Crippen LogP) is 2.35. The second kappa shape index (κ2) is 8.59. The Hall–Kier alpha value is -3.62. The van der Waals surface area contributed by atoms with Crippen molar-refractivity contribution in [1.29, 1.82) is 0 Å². The second-order valence-electron chi connectivity index (χ2n) is 6.46. The molecule has 9 nitrogen and oxygen atoms in total. The van der Waals surface area contributed by atoms with Gasteiger partial charge in [-0.3, -0.25) is 14.9 Å². The van der Waals surface area contributed by atoms with Crippen LogP contribution in [0.4, 0.5) is 11.4 Å². The smallest absolute Gasteiger partial charge is 0.338 e. The molecule has 1 aliphatic heterocycles. The average molecular weight is 399 g/mol. The number of piperazine rings is 1. The number of hydrogen-bond acceptors (Lipinski definition) is 7. The molecule has 0 N–H and O–H groups in total. The summed E-state index contributed by atoms with van der Waals surface area (Å²) in [4.78, 5) is 38.9. The van der Waals surface area contributed by atoms with Crippen LogP contribution in [0, 0.1) is 10.1 Å². The molecule has 0 bridgehead atoms. The molecule has 3 rings (SSSR count). The van der Waals surface area contributed by atoms with E-state index in [9.17, 15) is 19.7 Å². The molecule has 9 heteroatoms. The minimum Gasteiger partial charge on any atom is -0.497 e. The largest absolute Gasteiger partial charge is 0.497 e. The number of rotatable bonds is 5. The zero-order chi connectivity index (χ0) is 21.0. The van der Waals surface area contributed by atoms with Crippen molar-refractivity contribution in [3.63, 3.8) is 0 Å². The van der Waals surface area contributed by atoms with Gasteiger partial charge in [0.25, 0.3) is 11.6 Å². The molecule has 0 aromatic heterocycles. The van der Waals surface area contributed by atoms with Crippen molar-refractivity contribution in [2.75, 3.05) is 45.3 Å². The Bertz CT molecular complexity index is 920. The molecule has 1 amide bonds. The van der Waals surface area contributed by atoms with Crippen molar-refractivity contribution in [2.24, 2.45) is 0 Å². The molecular weight excluding hydrogens is 378 g/mol. The topological polar surface area (TPSA) is 102 Å². The molecule has 2 aromatic rings. The zero-order valence-corrected chi connectivity index (χ0v) is 16.2. The van der Waals surface area contributed by atoms with Crippen LogP contribution in [0.1, 0.15) is 20.7 Å². The second-order valence-corrected chi connectivity index (χ2v) is 6.46. The highest BCUT2D eigenvalue weighted by atomic mass is 16.6. The summed E-state index contributed by atoms with van der Waals surface area (Å²) in [6.45, 7) is 1.75. The quantitative estimate of drug-likeness (QED) is 0.432. The van der Waals surface area contributed by atoms with Gasteiger partial charge in [-0.25, -0.2) is 4.79 Å². The van der Waals surface area contributed by atoms with Gasteiger partial charge in [0, 0.05) is 37.8 Å². The third kappa shape index (κ3) is 4.29. The number of amides is 1. The summed E-state index contributed by atoms with van der Waals surface area (Å²) < 4.78 is 9.73. The van der Waals surface area contributed by atoms with E-state index < -0.39 is 10.9 Å². The molecule has 0 spiro atoms. The molecule has 1 aliphatic rings. The molecule has 1 heterocycles. The van der Waals surface area contributed by atoms with Crippen LogP contribution in [0.25, 0.3) is 0 Å². The van der Waals surface area contributed by atoms with Gasteiger partial charge in [-0.1, -0.05) is 0 Å². The van der Waals surface area contributed by atoms with Gasteiger partial charge in [0.15, 0.2) is 0 Å². The lowest BCUT2D eigenvalue weighted by atomic mass is 10.1. The third-order valence-electron chi connectivity index (χ3n) is 4.84. The first-order chi connectivity index (χ1) is 13.9. The monoisotopic (exact) mass is 399 g/mol. The first-order valence-electron chi connectivity index (χ1n) is 8.99. The number of esters is 1. The lowest BCUT2D eigenvalue weighted by Gasteiger charge is -2.35. The number of nitrogens with zero attached hydrogens (tertiary/aromatic N) is 3. The lowest BCUT2D eigenvalue weighted by Crippen LogP contribution is -2.49. The molecule has 1 saturated heterocycles. The summed E-state index contributed by atoms with van der Waals surface area (Å²) >= 11 is 0. The van der Waals surface area contributed by atoms with Crippen molar-refractivity contribution in [3.05, 3.63) is 63.7 Å².